The van der Waals surface area contributed by atoms with Crippen LogP contribution in [0.15, 0.2) is 0 Å². The molecular weight excluding hydrogens is 217 g/mol. The van der Waals surface area contributed by atoms with Gasteiger partial charge in [-0.1, -0.05) is 0 Å². The summed E-state index contributed by atoms with van der Waals surface area (Å²) in [6.45, 7) is 0. The zero-order valence-electron chi connectivity index (χ0n) is 6.80. The van der Waals surface area contributed by atoms with Gasteiger partial charge in [-0.3, -0.25) is 0 Å². The molecule has 0 aliphatic rings. The first-order chi connectivity index (χ1) is 1.73. The zero-order chi connectivity index (χ0) is 3.58. The molecule has 0 amide bonds. The minimum atomic E-state index is -0.111. The summed E-state index contributed by atoms with van der Waals surface area (Å²) in [5, 5.41) is 7.40. The normalized spacial score (nSPS) is 1.92. The molecule has 0 saturated heterocycles. The average Bonchev–Trinajstić information content (AvgIpc) is 0.811. The van der Waals surface area contributed by atoms with Gasteiger partial charge in [-0.25, -0.2) is 0 Å². The molecule has 0 aliphatic heterocycles. The van der Waals surface area contributed by atoms with Crippen LogP contribution in [0, 0.1) is 4.91 Å². The molecule has 0 saturated carbocycles. The van der Waals surface area contributed by atoms with Crippen LogP contribution >= 0.6 is 0 Å². The molecule has 0 aromatic carbocycles. The molecule has 0 heterocycles. The molecule has 0 aliphatic carbocycles. The van der Waals surface area contributed by atoms with E-state index in [4.69, 9.17) is 10.1 Å². The topological polar surface area (TPSA) is 324 Å². The standard InChI is InChI=1S/Al.HNO2.9H2O.2H/c;2-1-3;;;;;;;;;;;/h;(H,2,3);9*1H2;;. The highest BCUT2D eigenvalue weighted by Crippen LogP contribution is 1.29. The van der Waals surface area contributed by atoms with E-state index >= 15 is 0 Å². The van der Waals surface area contributed by atoms with E-state index in [1.807, 2.05) is 0 Å². The number of hydrogen-bond acceptors (Lipinski definition) is 1. The fourth-order valence-corrected chi connectivity index (χ4v) is 0. The molecule has 0 atom stereocenters. The molecule has 1 radical (unpaired) electrons. The Hall–Kier alpha value is -0.428. The first-order valence-corrected chi connectivity index (χ1v) is 1.72. The van der Waals surface area contributed by atoms with E-state index in [1.165, 1.54) is 0 Å². The van der Waals surface area contributed by atoms with Crippen molar-refractivity contribution in [2.45, 2.75) is 0 Å². The molecule has 19 N–H and O–H groups in total. The number of hydrogen-bond donors (Lipinski definition) is 1. The van der Waals surface area contributed by atoms with Crippen molar-refractivity contribution in [2.24, 2.45) is 0 Å². The van der Waals surface area contributed by atoms with Crippen molar-refractivity contribution in [3.05, 3.63) is 4.91 Å². The third-order valence-corrected chi connectivity index (χ3v) is 0. The molecule has 13 heavy (non-hydrogen) atoms. The maximum Gasteiger partial charge on any atom is 0.529 e. The monoisotopic (exact) mass is 238 g/mol. The second-order valence-corrected chi connectivity index (χ2v) is 1.23. The molecule has 0 spiro atoms. The van der Waals surface area contributed by atoms with Gasteiger partial charge in [0.05, 0.1) is 0 Å². The van der Waals surface area contributed by atoms with E-state index in [0.29, 0.717) is 0 Å². The third kappa shape index (κ3) is 5800. The van der Waals surface area contributed by atoms with Crippen molar-refractivity contribution in [1.29, 1.82) is 0 Å². The minimum absolute atomic E-state index is 0. The summed E-state index contributed by atoms with van der Waals surface area (Å²) >= 11 is 0.182. The van der Waals surface area contributed by atoms with Gasteiger partial charge in [0, 0.05) is 0 Å². The quantitative estimate of drug-likeness (QED) is 0.317. The molecule has 12 nitrogen and oxygen atoms in total. The van der Waals surface area contributed by atoms with Crippen molar-refractivity contribution < 1.29 is 58.4 Å². The van der Waals surface area contributed by atoms with Crippen LogP contribution in [0.2, 0.25) is 0 Å². The van der Waals surface area contributed by atoms with Gasteiger partial charge in [0.2, 0.25) is 0 Å². The number of nitrogens with zero attached hydrogens (tertiary/aromatic N) is 1. The van der Waals surface area contributed by atoms with E-state index in [0.717, 1.165) is 0 Å². The van der Waals surface area contributed by atoms with Crippen LogP contribution in [-0.2, 0) is 0 Å². The van der Waals surface area contributed by atoms with Gasteiger partial charge in [-0.05, 0) is 4.91 Å². The predicted molar refractivity (Wildman–Crippen MR) is 46.5 cm³/mol. The maximum absolute atomic E-state index is 8.98. The van der Waals surface area contributed by atoms with Crippen molar-refractivity contribution in [3.8, 4) is 0 Å². The smallest absolute Gasteiger partial charge is 0.412 e. The molecule has 13 heteroatoms. The summed E-state index contributed by atoms with van der Waals surface area (Å²) in [7, 11) is 0. The summed E-state index contributed by atoms with van der Waals surface area (Å²) in [4.78, 5) is 8.98. The third-order valence-electron chi connectivity index (χ3n) is 0. The SMILES string of the molecule is O.O.O.O.O.O.O.O.O.O=[N+](O)[AlH2-]. The second kappa shape index (κ2) is 195. The van der Waals surface area contributed by atoms with E-state index in [1.54, 1.807) is 0 Å². The highest BCUT2D eigenvalue weighted by atomic mass is 27.1. The molecule has 0 aromatic heterocycles. The minimum Gasteiger partial charge on any atom is -0.412 e. The van der Waals surface area contributed by atoms with Crippen LogP contribution in [0.25, 0.3) is 0 Å². The van der Waals surface area contributed by atoms with E-state index in [-0.39, 0.29) is 69.7 Å². The van der Waals surface area contributed by atoms with Gasteiger partial charge >= 0.3 is 16.5 Å². The van der Waals surface area contributed by atoms with Crippen molar-refractivity contribution in [1.82, 2.24) is 0 Å². The number of rotatable bonds is 0. The Kier molecular flexibility index (Phi) is 3830. The molecule has 0 bridgehead atoms. The molecule has 0 aromatic rings. The Morgan fingerprint density at radius 2 is 0.692 bits per heavy atom. The van der Waals surface area contributed by atoms with Gasteiger partial charge < -0.3 is 54.5 Å². The van der Waals surface area contributed by atoms with Crippen LogP contribution in [0.4, 0.5) is 0 Å². The zero-order valence-corrected chi connectivity index (χ0v) is 8.80. The fourth-order valence-electron chi connectivity index (χ4n) is 0. The fraction of sp³-hybridized carbons (Fsp3) is 0. The highest BCUT2D eigenvalue weighted by Gasteiger charge is 1.60. The summed E-state index contributed by atoms with van der Waals surface area (Å²) in [5.41, 5.74) is 0. The Bertz CT molecular complexity index is 33.1. The largest absolute Gasteiger partial charge is 0.529 e. The lowest BCUT2D eigenvalue weighted by molar-refractivity contribution is -0.682. The summed E-state index contributed by atoms with van der Waals surface area (Å²) in [6.07, 6.45) is 0. The van der Waals surface area contributed by atoms with Crippen LogP contribution in [0.1, 0.15) is 0 Å². The molecule has 0 fully saturated rings. The maximum atomic E-state index is 8.98. The lowest BCUT2D eigenvalue weighted by Crippen LogP contribution is -1.89. The van der Waals surface area contributed by atoms with Crippen LogP contribution in [-0.4, -0.2) is 74.9 Å². The molecule has 95 valence electrons. The molecule has 0 unspecified atom stereocenters. The van der Waals surface area contributed by atoms with E-state index in [9.17, 15) is 0 Å². The lowest BCUT2D eigenvalue weighted by atomic mass is 13.4. The summed E-state index contributed by atoms with van der Waals surface area (Å²) in [6, 6.07) is 0. The van der Waals surface area contributed by atoms with Crippen molar-refractivity contribution in [2.75, 3.05) is 0 Å². The van der Waals surface area contributed by atoms with E-state index in [2.05, 4.69) is 0 Å². The van der Waals surface area contributed by atoms with Gasteiger partial charge in [0.15, 0.2) is 0 Å². The first-order valence-electron chi connectivity index (χ1n) is 0.830. The lowest BCUT2D eigenvalue weighted by Gasteiger charge is -1.67. The molecular formula is H21AlNO11. The van der Waals surface area contributed by atoms with Crippen LogP contribution in [0.3, 0.4) is 0 Å². The van der Waals surface area contributed by atoms with Gasteiger partial charge in [0.1, 0.15) is 0 Å². The van der Waals surface area contributed by atoms with Crippen molar-refractivity contribution in [3.63, 3.8) is 0 Å². The molecule has 0 rings (SSSR count). The van der Waals surface area contributed by atoms with Crippen molar-refractivity contribution >= 4 is 16.5 Å². The Balaban J connectivity index is -0.00000000125. The average molecular weight is 238 g/mol. The Morgan fingerprint density at radius 1 is 0.692 bits per heavy atom. The van der Waals surface area contributed by atoms with Gasteiger partial charge in [-0.15, -0.1) is 0 Å². The van der Waals surface area contributed by atoms with Crippen LogP contribution < -0.4 is 0 Å². The first kappa shape index (κ1) is 254. The highest BCUT2D eigenvalue weighted by molar-refractivity contribution is 5.94. The summed E-state index contributed by atoms with van der Waals surface area (Å²) < 4.78 is -0.111. The van der Waals surface area contributed by atoms with E-state index < -0.39 is 0 Å². The Morgan fingerprint density at radius 3 is 0.692 bits per heavy atom. The summed E-state index contributed by atoms with van der Waals surface area (Å²) in [5.74, 6) is 0. The van der Waals surface area contributed by atoms with Gasteiger partial charge in [0.25, 0.3) is 0 Å². The Labute approximate surface area is 80.7 Å². The van der Waals surface area contributed by atoms with Crippen LogP contribution in [0.5, 0.6) is 0 Å². The second-order valence-electron chi connectivity index (χ2n) is 0.464. The predicted octanol–water partition coefficient (Wildman–Crippen LogP) is -8.72. The van der Waals surface area contributed by atoms with Gasteiger partial charge in [-0.2, -0.15) is 3.91 Å².